The molecule has 0 bridgehead atoms. The van der Waals surface area contributed by atoms with Crippen LogP contribution in [0.25, 0.3) is 98.8 Å². The van der Waals surface area contributed by atoms with E-state index in [4.69, 9.17) is 31.8 Å². The summed E-state index contributed by atoms with van der Waals surface area (Å²) in [5, 5.41) is -5.58. The highest BCUT2D eigenvalue weighted by atomic mass is 16.3. The minimum Gasteiger partial charge on any atom is -0.456 e. The third-order valence-corrected chi connectivity index (χ3v) is 7.82. The predicted molar refractivity (Wildman–Crippen MR) is 208 cm³/mol. The Labute approximate surface area is 326 Å². The Hall–Kier alpha value is -6.44. The smallest absolute Gasteiger partial charge is 0.136 e. The molecule has 0 spiro atoms. The van der Waals surface area contributed by atoms with Gasteiger partial charge in [0.1, 0.15) is 11.2 Å². The SMILES string of the molecule is [2H]c1c([2H])c([2H])c(-c2c([2H])c([2H])c3oc4c([2H])c([2H])c([2H])c(-c5c6c([2H])c([2H])c([2H])c([2H])c6c(-c6c([2H])c([2H])c(-c7c([2H])c([2H])c8c([2H])c([2H])c([2H])c([2H])c8c7[2H])c([2H])c6[2H])c6c([2H])c([2H])c([2H])c([2H])c56)c4c3c2[2H])c([2H])c1[2H]. The van der Waals surface area contributed by atoms with E-state index in [0.717, 1.165) is 0 Å². The van der Waals surface area contributed by atoms with Crippen LogP contribution in [0.4, 0.5) is 0 Å². The number of rotatable bonds is 4. The zero-order chi connectivity index (χ0) is 58.4. The monoisotopic (exact) mass is 652 g/mol. The van der Waals surface area contributed by atoms with Gasteiger partial charge in [-0.25, -0.2) is 0 Å². The number of benzene rings is 9. The topological polar surface area (TPSA) is 13.1 Å². The van der Waals surface area contributed by atoms with Gasteiger partial charge < -0.3 is 4.42 Å². The molecule has 1 nitrogen and oxygen atoms in total. The summed E-state index contributed by atoms with van der Waals surface area (Å²) in [5.74, 6) is 0. The average molecular weight is 653 g/mol. The van der Waals surface area contributed by atoms with E-state index in [9.17, 15) is 13.7 Å². The number of hydrogen-bond acceptors (Lipinski definition) is 1. The molecule has 9 aromatic carbocycles. The summed E-state index contributed by atoms with van der Waals surface area (Å²) < 4.78 is 276. The van der Waals surface area contributed by atoms with Crippen molar-refractivity contribution in [2.75, 3.05) is 0 Å². The Morgan fingerprint density at radius 1 is 0.327 bits per heavy atom. The molecular formula is C48H30O. The van der Waals surface area contributed by atoms with Gasteiger partial charge in [0.15, 0.2) is 0 Å². The minimum absolute atomic E-state index is 0.556. The standard InChI is InChI=1S/C48H30O/c1-2-11-31(12-3-1)37-27-28-44-43(30-37)48-42(19-10-20-45(48)49-44)47-40-17-8-6-15-38(40)46(39-16-7-9-18-41(39)47)34-24-21-33(22-25-34)36-26-23-32-13-4-5-14-35(32)29-36/h1-30H/i1D,2D,3D,4D,5D,6D,7D,8D,9D,10D,11D,12D,13D,14D,15D,16D,17D,18D,19D,20D,21D,22D,23D,24D,25D,26D,27D,28D,29D,30D. The second-order valence-corrected chi connectivity index (χ2v) is 10.5. The number of hydrogen-bond donors (Lipinski definition) is 0. The first-order chi connectivity index (χ1) is 36.8. The first-order valence-corrected chi connectivity index (χ1v) is 14.4. The predicted octanol–water partition coefficient (Wildman–Crippen LogP) is 13.7. The summed E-state index contributed by atoms with van der Waals surface area (Å²) in [7, 11) is 0. The molecule has 1 heteroatoms. The van der Waals surface area contributed by atoms with Crippen LogP contribution in [0.1, 0.15) is 41.1 Å². The van der Waals surface area contributed by atoms with Crippen LogP contribution in [0.5, 0.6) is 0 Å². The van der Waals surface area contributed by atoms with Crippen molar-refractivity contribution in [3.05, 3.63) is 181 Å². The van der Waals surface area contributed by atoms with E-state index >= 15 is 0 Å². The molecule has 0 aliphatic rings. The fraction of sp³-hybridized carbons (Fsp3) is 0. The Bertz CT molecular complexity index is 4460. The molecule has 228 valence electrons. The largest absolute Gasteiger partial charge is 0.456 e. The highest BCUT2D eigenvalue weighted by Gasteiger charge is 2.20. The van der Waals surface area contributed by atoms with Crippen molar-refractivity contribution in [3.63, 3.8) is 0 Å². The van der Waals surface area contributed by atoms with Crippen LogP contribution in [-0.4, -0.2) is 0 Å². The second kappa shape index (κ2) is 11.1. The van der Waals surface area contributed by atoms with Crippen LogP contribution in [0.15, 0.2) is 186 Å². The molecule has 0 saturated heterocycles. The summed E-state index contributed by atoms with van der Waals surface area (Å²) in [6.07, 6.45) is 0. The van der Waals surface area contributed by atoms with Crippen LogP contribution in [0.3, 0.4) is 0 Å². The van der Waals surface area contributed by atoms with E-state index in [1.807, 2.05) is 0 Å². The summed E-state index contributed by atoms with van der Waals surface area (Å²) in [6, 6.07) is -28.9. The Morgan fingerprint density at radius 3 is 1.61 bits per heavy atom. The quantitative estimate of drug-likeness (QED) is 0.172. The molecule has 0 atom stereocenters. The summed E-state index contributed by atoms with van der Waals surface area (Å²) in [5.41, 5.74) is -7.78. The van der Waals surface area contributed by atoms with Gasteiger partial charge in [0, 0.05) is 10.8 Å². The van der Waals surface area contributed by atoms with Gasteiger partial charge in [-0.2, -0.15) is 0 Å². The van der Waals surface area contributed by atoms with E-state index in [2.05, 4.69) is 0 Å². The fourth-order valence-corrected chi connectivity index (χ4v) is 5.73. The maximum Gasteiger partial charge on any atom is 0.136 e. The first kappa shape index (κ1) is 11.1. The van der Waals surface area contributed by atoms with Crippen LogP contribution >= 0.6 is 0 Å². The van der Waals surface area contributed by atoms with Crippen molar-refractivity contribution in [1.29, 1.82) is 0 Å². The lowest BCUT2D eigenvalue weighted by molar-refractivity contribution is 0.669. The zero-order valence-electron chi connectivity index (χ0n) is 54.4. The molecule has 0 unspecified atom stereocenters. The van der Waals surface area contributed by atoms with Gasteiger partial charge in [0.25, 0.3) is 0 Å². The number of fused-ring (bicyclic) bond motifs is 6. The zero-order valence-corrected chi connectivity index (χ0v) is 24.4. The summed E-state index contributed by atoms with van der Waals surface area (Å²) >= 11 is 0. The van der Waals surface area contributed by atoms with Gasteiger partial charge in [0.2, 0.25) is 0 Å². The molecule has 0 amide bonds. The third-order valence-electron chi connectivity index (χ3n) is 7.82. The molecule has 0 fully saturated rings. The number of furan rings is 1. The molecule has 1 heterocycles. The van der Waals surface area contributed by atoms with Gasteiger partial charge in [-0.05, 0) is 101 Å². The van der Waals surface area contributed by atoms with Crippen molar-refractivity contribution in [1.82, 2.24) is 0 Å². The molecule has 49 heavy (non-hydrogen) atoms. The molecular weight excluding hydrogens is 593 g/mol. The van der Waals surface area contributed by atoms with Crippen LogP contribution in [-0.2, 0) is 0 Å². The molecule has 0 aliphatic heterocycles. The molecule has 10 aromatic rings. The van der Waals surface area contributed by atoms with Gasteiger partial charge in [-0.3, -0.25) is 0 Å². The lowest BCUT2D eigenvalue weighted by atomic mass is 9.84. The van der Waals surface area contributed by atoms with Gasteiger partial charge in [-0.15, -0.1) is 0 Å². The molecule has 0 N–H and O–H groups in total. The van der Waals surface area contributed by atoms with Crippen molar-refractivity contribution in [2.24, 2.45) is 0 Å². The van der Waals surface area contributed by atoms with Crippen molar-refractivity contribution in [2.45, 2.75) is 0 Å². The van der Waals surface area contributed by atoms with Crippen molar-refractivity contribution < 1.29 is 45.5 Å². The van der Waals surface area contributed by atoms with Crippen LogP contribution in [0.2, 0.25) is 0 Å². The molecule has 0 radical (unpaired) electrons. The first-order valence-electron chi connectivity index (χ1n) is 29.4. The molecule has 10 rings (SSSR count). The lowest BCUT2D eigenvalue weighted by Crippen LogP contribution is -1.91. The average Bonchev–Trinajstić information content (AvgIpc) is 4.08. The van der Waals surface area contributed by atoms with Gasteiger partial charge in [0.05, 0.1) is 41.1 Å². The van der Waals surface area contributed by atoms with Crippen LogP contribution in [0, 0.1) is 0 Å². The fourth-order valence-electron chi connectivity index (χ4n) is 5.73. The second-order valence-electron chi connectivity index (χ2n) is 10.5. The van der Waals surface area contributed by atoms with Crippen molar-refractivity contribution in [3.8, 4) is 44.5 Å². The van der Waals surface area contributed by atoms with E-state index in [0.29, 0.717) is 0 Å². The van der Waals surface area contributed by atoms with Gasteiger partial charge >= 0.3 is 0 Å². The maximum atomic E-state index is 9.63. The highest BCUT2D eigenvalue weighted by Crippen LogP contribution is 2.47. The highest BCUT2D eigenvalue weighted by molar-refractivity contribution is 6.25. The summed E-state index contributed by atoms with van der Waals surface area (Å²) in [4.78, 5) is 0. The normalized spacial score (nSPS) is 20.2. The molecule has 0 aliphatic carbocycles. The van der Waals surface area contributed by atoms with E-state index < -0.39 is 280 Å². The van der Waals surface area contributed by atoms with E-state index in [1.54, 1.807) is 0 Å². The third kappa shape index (κ3) is 4.47. The van der Waals surface area contributed by atoms with Crippen LogP contribution < -0.4 is 0 Å². The Kier molecular flexibility index (Phi) is 2.50. The van der Waals surface area contributed by atoms with Crippen molar-refractivity contribution >= 4 is 54.3 Å². The van der Waals surface area contributed by atoms with E-state index in [-0.39, 0.29) is 0 Å². The Balaban J connectivity index is 1.47. The maximum absolute atomic E-state index is 9.63. The minimum atomic E-state index is -1.13. The van der Waals surface area contributed by atoms with Gasteiger partial charge in [-0.1, -0.05) is 157 Å². The lowest BCUT2D eigenvalue weighted by Gasteiger charge is -2.18. The molecule has 1 aromatic heterocycles. The van der Waals surface area contributed by atoms with E-state index in [1.165, 1.54) is 0 Å². The Morgan fingerprint density at radius 2 is 0.878 bits per heavy atom. The molecule has 0 saturated carbocycles. The summed E-state index contributed by atoms with van der Waals surface area (Å²) in [6.45, 7) is 0.